The number of hydrogen-bond donors (Lipinski definition) is 0. The molecule has 1 spiro atoms. The Kier molecular flexibility index (Phi) is 5.20. The highest BCUT2D eigenvalue weighted by molar-refractivity contribution is 6.28. The Balaban J connectivity index is 1.65. The van der Waals surface area contributed by atoms with E-state index in [1.165, 1.54) is 6.92 Å². The maximum Gasteiger partial charge on any atom is 0.254 e. The summed E-state index contributed by atoms with van der Waals surface area (Å²) in [5, 5.41) is 15.7. The number of nitrogens with zero attached hydrogens (tertiary/aromatic N) is 6. The molecule has 9 nitrogen and oxygen atoms in total. The number of fused-ring (bicyclic) bond motifs is 7. The van der Waals surface area contributed by atoms with Gasteiger partial charge in [0.1, 0.15) is 17.3 Å². The predicted octanol–water partition coefficient (Wildman–Crippen LogP) is 5.17. The van der Waals surface area contributed by atoms with Crippen LogP contribution in [0.4, 0.5) is 11.5 Å². The van der Waals surface area contributed by atoms with E-state index in [2.05, 4.69) is 6.07 Å². The third-order valence-corrected chi connectivity index (χ3v) is 8.69. The number of imide groups is 1. The number of anilines is 2. The first-order chi connectivity index (χ1) is 20.0. The van der Waals surface area contributed by atoms with Crippen LogP contribution < -0.4 is 9.80 Å². The van der Waals surface area contributed by atoms with Gasteiger partial charge in [-0.3, -0.25) is 19.3 Å². The van der Waals surface area contributed by atoms with Gasteiger partial charge >= 0.3 is 0 Å². The second-order valence-corrected chi connectivity index (χ2v) is 12.1. The molecule has 9 heteroatoms. The van der Waals surface area contributed by atoms with Gasteiger partial charge < -0.3 is 0 Å². The summed E-state index contributed by atoms with van der Waals surface area (Å²) < 4.78 is 1.75. The SMILES string of the molecule is CC(=O)N1C(=O)C2(C(C#N)=C3N=C(C)n4nc(C)c(-c5ccccc5)c4N3C3=C2C(=O)CC(C)(C)C3)c2ccccc21. The number of carbonyl (C=O) groups is 3. The number of rotatable bonds is 1. The molecule has 208 valence electrons. The van der Waals surface area contributed by atoms with Gasteiger partial charge in [-0.05, 0) is 37.3 Å². The Hall–Kier alpha value is -5.10. The van der Waals surface area contributed by atoms with Crippen molar-refractivity contribution in [2.75, 3.05) is 9.80 Å². The van der Waals surface area contributed by atoms with Crippen molar-refractivity contribution >= 4 is 34.9 Å². The van der Waals surface area contributed by atoms with Crippen molar-refractivity contribution in [3.8, 4) is 17.2 Å². The molecule has 1 aliphatic carbocycles. The number of hydrogen-bond acceptors (Lipinski definition) is 7. The van der Waals surface area contributed by atoms with E-state index in [0.29, 0.717) is 35.0 Å². The van der Waals surface area contributed by atoms with Crippen LogP contribution in [0, 0.1) is 23.7 Å². The number of ketones is 1. The van der Waals surface area contributed by atoms with Crippen LogP contribution in [0.2, 0.25) is 0 Å². The fraction of sp³-hybridized carbons (Fsp3) is 0.273. The molecule has 7 rings (SSSR count). The maximum atomic E-state index is 14.7. The van der Waals surface area contributed by atoms with Crippen LogP contribution in [0.15, 0.2) is 82.3 Å². The first kappa shape index (κ1) is 25.8. The quantitative estimate of drug-likeness (QED) is 0.409. The molecule has 1 atom stereocenters. The zero-order valence-electron chi connectivity index (χ0n) is 24.0. The number of Topliss-reactive ketones (excluding diaryl/α,β-unsaturated/α-hetero) is 1. The van der Waals surface area contributed by atoms with Crippen LogP contribution in [0.5, 0.6) is 0 Å². The Morgan fingerprint density at radius 2 is 1.69 bits per heavy atom. The Labute approximate surface area is 243 Å². The predicted molar refractivity (Wildman–Crippen MR) is 157 cm³/mol. The molecule has 0 fully saturated rings. The van der Waals surface area contributed by atoms with E-state index in [9.17, 15) is 19.6 Å². The summed E-state index contributed by atoms with van der Waals surface area (Å²) in [6, 6.07) is 19.1. The van der Waals surface area contributed by atoms with E-state index in [-0.39, 0.29) is 29.2 Å². The van der Waals surface area contributed by atoms with Crippen LogP contribution in [0.25, 0.3) is 11.1 Å². The smallest absolute Gasteiger partial charge is 0.254 e. The van der Waals surface area contributed by atoms with E-state index in [1.807, 2.05) is 62.9 Å². The van der Waals surface area contributed by atoms with Crippen molar-refractivity contribution in [3.05, 3.63) is 88.5 Å². The molecule has 0 bridgehead atoms. The van der Waals surface area contributed by atoms with E-state index in [4.69, 9.17) is 10.1 Å². The van der Waals surface area contributed by atoms with Crippen LogP contribution in [0.3, 0.4) is 0 Å². The molecule has 0 saturated carbocycles. The monoisotopic (exact) mass is 556 g/mol. The zero-order valence-corrected chi connectivity index (χ0v) is 24.0. The first-order valence-electron chi connectivity index (χ1n) is 13.9. The van der Waals surface area contributed by atoms with Crippen molar-refractivity contribution in [3.63, 3.8) is 0 Å². The fourth-order valence-corrected chi connectivity index (χ4v) is 7.17. The molecule has 0 radical (unpaired) electrons. The molecule has 2 amide bonds. The average molecular weight is 557 g/mol. The molecule has 4 heterocycles. The number of benzene rings is 2. The highest BCUT2D eigenvalue weighted by Gasteiger charge is 2.64. The lowest BCUT2D eigenvalue weighted by Gasteiger charge is -2.47. The van der Waals surface area contributed by atoms with E-state index < -0.39 is 22.6 Å². The highest BCUT2D eigenvalue weighted by Crippen LogP contribution is 2.60. The maximum absolute atomic E-state index is 14.7. The minimum atomic E-state index is -1.79. The summed E-state index contributed by atoms with van der Waals surface area (Å²) in [5.41, 5.74) is 2.01. The molecule has 2 aromatic carbocycles. The van der Waals surface area contributed by atoms with Gasteiger partial charge in [-0.25, -0.2) is 14.6 Å². The number of para-hydroxylation sites is 1. The number of amides is 2. The van der Waals surface area contributed by atoms with Gasteiger partial charge in [-0.15, -0.1) is 0 Å². The largest absolute Gasteiger partial charge is 0.294 e. The lowest BCUT2D eigenvalue weighted by atomic mass is 9.60. The molecule has 4 aliphatic rings. The number of carbonyl (C=O) groups excluding carboxylic acids is 3. The second kappa shape index (κ2) is 8.46. The zero-order chi connectivity index (χ0) is 29.7. The normalized spacial score (nSPS) is 22.0. The van der Waals surface area contributed by atoms with Crippen molar-refractivity contribution < 1.29 is 14.4 Å². The number of aliphatic imine (C=N–C) groups is 1. The molecular formula is C33H28N6O3. The van der Waals surface area contributed by atoms with E-state index >= 15 is 0 Å². The van der Waals surface area contributed by atoms with Crippen LogP contribution in [-0.4, -0.2) is 33.2 Å². The van der Waals surface area contributed by atoms with Gasteiger partial charge in [-0.2, -0.15) is 10.4 Å². The Morgan fingerprint density at radius 3 is 2.38 bits per heavy atom. The summed E-state index contributed by atoms with van der Waals surface area (Å²) in [6.07, 6.45) is 0.637. The molecule has 3 aliphatic heterocycles. The lowest BCUT2D eigenvalue weighted by molar-refractivity contribution is -0.128. The van der Waals surface area contributed by atoms with Gasteiger partial charge in [0.2, 0.25) is 5.91 Å². The first-order valence-corrected chi connectivity index (χ1v) is 13.9. The van der Waals surface area contributed by atoms with Crippen LogP contribution in [0.1, 0.15) is 51.8 Å². The minimum absolute atomic E-state index is 0.0268. The number of aromatic nitrogens is 2. The number of aryl methyl sites for hydroxylation is 1. The van der Waals surface area contributed by atoms with Crippen molar-refractivity contribution in [2.24, 2.45) is 10.4 Å². The standard InChI is InChI=1S/C33H28N6O3/c1-18-27(21-11-7-6-8-12-21)30-38-25-15-32(4,5)16-26(41)28(25)33(23(17-34)29(38)35-19(2)39(30)36-18)22-13-9-10-14-24(22)37(20(3)40)31(33)42/h6-14H,15-16H2,1-5H3. The molecule has 42 heavy (non-hydrogen) atoms. The summed E-state index contributed by atoms with van der Waals surface area (Å²) in [4.78, 5) is 49.9. The van der Waals surface area contributed by atoms with Gasteiger partial charge in [0.05, 0.1) is 17.0 Å². The molecule has 0 N–H and O–H groups in total. The van der Waals surface area contributed by atoms with Crippen molar-refractivity contribution in [1.29, 1.82) is 5.26 Å². The third kappa shape index (κ3) is 3.09. The molecule has 3 aromatic rings. The lowest BCUT2D eigenvalue weighted by Crippen LogP contribution is -2.54. The van der Waals surface area contributed by atoms with Crippen LogP contribution >= 0.6 is 0 Å². The van der Waals surface area contributed by atoms with Crippen LogP contribution in [-0.2, 0) is 19.8 Å². The van der Waals surface area contributed by atoms with E-state index in [0.717, 1.165) is 21.7 Å². The van der Waals surface area contributed by atoms with Gasteiger partial charge in [0, 0.05) is 35.7 Å². The Bertz CT molecular complexity index is 1920. The molecule has 1 unspecified atom stereocenters. The fourth-order valence-electron chi connectivity index (χ4n) is 7.17. The third-order valence-electron chi connectivity index (χ3n) is 8.69. The molecule has 0 saturated heterocycles. The van der Waals surface area contributed by atoms with E-state index in [1.54, 1.807) is 28.9 Å². The summed E-state index contributed by atoms with van der Waals surface area (Å²) >= 11 is 0. The molecule has 1 aromatic heterocycles. The van der Waals surface area contributed by atoms with Crippen molar-refractivity contribution in [1.82, 2.24) is 9.78 Å². The van der Waals surface area contributed by atoms with Crippen molar-refractivity contribution in [2.45, 2.75) is 52.9 Å². The summed E-state index contributed by atoms with van der Waals surface area (Å²) in [5.74, 6) is 0.144. The topological polar surface area (TPSA) is 112 Å². The Morgan fingerprint density at radius 1 is 1.00 bits per heavy atom. The van der Waals surface area contributed by atoms with Gasteiger partial charge in [0.15, 0.2) is 17.4 Å². The number of allylic oxidation sites excluding steroid dienone is 1. The minimum Gasteiger partial charge on any atom is -0.294 e. The molecular weight excluding hydrogens is 528 g/mol. The van der Waals surface area contributed by atoms with Gasteiger partial charge in [0.25, 0.3) is 5.91 Å². The summed E-state index contributed by atoms with van der Waals surface area (Å²) in [7, 11) is 0. The highest BCUT2D eigenvalue weighted by atomic mass is 16.2. The number of nitriles is 1. The second-order valence-electron chi connectivity index (χ2n) is 12.1. The van der Waals surface area contributed by atoms with Gasteiger partial charge in [-0.1, -0.05) is 62.4 Å². The summed E-state index contributed by atoms with van der Waals surface area (Å²) in [6.45, 7) is 9.10. The average Bonchev–Trinajstić information content (AvgIpc) is 3.41.